The Balaban J connectivity index is 1.34. The monoisotopic (exact) mass is 554 g/mol. The molecule has 1 aliphatic carbocycles. The van der Waals surface area contributed by atoms with Crippen molar-refractivity contribution in [3.05, 3.63) is 66.0 Å². The molecule has 7 N–H and O–H groups in total. The topological polar surface area (TPSA) is 190 Å². The lowest BCUT2D eigenvalue weighted by Gasteiger charge is -2.28. The number of carbonyl (C=O) groups is 2. The van der Waals surface area contributed by atoms with Crippen LogP contribution in [-0.2, 0) is 16.0 Å². The molecular weight excluding hydrogens is 520 g/mol. The van der Waals surface area contributed by atoms with Crippen LogP contribution in [0, 0.1) is 18.8 Å². The van der Waals surface area contributed by atoms with Gasteiger partial charge in [0, 0.05) is 35.3 Å². The molecule has 1 atom stereocenters. The van der Waals surface area contributed by atoms with Crippen LogP contribution in [0.25, 0.3) is 22.5 Å². The first-order chi connectivity index (χ1) is 19.9. The molecule has 41 heavy (non-hydrogen) atoms. The molecule has 4 aromatic rings. The molecule has 1 unspecified atom stereocenters. The van der Waals surface area contributed by atoms with Crippen LogP contribution in [0.4, 0.5) is 11.6 Å². The van der Waals surface area contributed by atoms with Crippen LogP contribution in [0.3, 0.4) is 0 Å². The van der Waals surface area contributed by atoms with E-state index in [0.717, 1.165) is 53.6 Å². The molecular formula is C29H34N10O2. The summed E-state index contributed by atoms with van der Waals surface area (Å²) in [6, 6.07) is 14.1. The number of nitrogens with zero attached hydrogens (tertiary/aromatic N) is 5. The van der Waals surface area contributed by atoms with Gasteiger partial charge in [-0.3, -0.25) is 9.59 Å². The third kappa shape index (κ3) is 6.90. The number of tetrazole rings is 1. The zero-order chi connectivity index (χ0) is 28.8. The van der Waals surface area contributed by atoms with Gasteiger partial charge in [0.25, 0.3) is 0 Å². The lowest BCUT2D eigenvalue weighted by Crippen LogP contribution is -2.48. The highest BCUT2D eigenvalue weighted by molar-refractivity contribution is 5.97. The van der Waals surface area contributed by atoms with Crippen LogP contribution in [-0.4, -0.2) is 55.0 Å². The van der Waals surface area contributed by atoms with E-state index in [1.54, 1.807) is 30.5 Å². The number of nitrogens with two attached hydrogens (primary N) is 2. The van der Waals surface area contributed by atoms with Crippen molar-refractivity contribution in [2.75, 3.05) is 17.6 Å². The summed E-state index contributed by atoms with van der Waals surface area (Å²) in [5.74, 6) is 0.581. The standard InChI is InChI=1S/C29H34N10O2/c1-17-24(16-32-29(31)33-17)22-4-2-3-19(13-22)14-25(35-27(40)21-7-5-18(15-30)6-8-21)28(41)34-23-11-9-20(10-12-23)26-36-38-39-37-26/h2-4,9-13,16,18,21,25H,5-8,14-15,30H2,1H3,(H,34,41)(H,35,40)(H2,31,32,33)(H,36,37,38,39). The minimum Gasteiger partial charge on any atom is -0.368 e. The summed E-state index contributed by atoms with van der Waals surface area (Å²) < 4.78 is 0. The number of amides is 2. The summed E-state index contributed by atoms with van der Waals surface area (Å²) in [7, 11) is 0. The molecule has 5 rings (SSSR count). The number of hydrogen-bond acceptors (Lipinski definition) is 9. The number of aromatic nitrogens is 6. The number of rotatable bonds is 9. The van der Waals surface area contributed by atoms with Crippen molar-refractivity contribution in [3.63, 3.8) is 0 Å². The van der Waals surface area contributed by atoms with Gasteiger partial charge in [0.05, 0.1) is 5.69 Å². The molecule has 0 bridgehead atoms. The second-order valence-corrected chi connectivity index (χ2v) is 10.4. The molecule has 1 fully saturated rings. The average molecular weight is 555 g/mol. The number of H-pyrrole nitrogens is 1. The number of nitrogen functional groups attached to an aromatic ring is 1. The third-order valence-electron chi connectivity index (χ3n) is 7.62. The first-order valence-electron chi connectivity index (χ1n) is 13.7. The minimum absolute atomic E-state index is 0.105. The summed E-state index contributed by atoms with van der Waals surface area (Å²) in [5.41, 5.74) is 16.3. The van der Waals surface area contributed by atoms with Crippen molar-refractivity contribution in [2.24, 2.45) is 17.6 Å². The minimum atomic E-state index is -0.786. The molecule has 2 amide bonds. The quantitative estimate of drug-likeness (QED) is 0.207. The maximum absolute atomic E-state index is 13.6. The fourth-order valence-electron chi connectivity index (χ4n) is 5.25. The SMILES string of the molecule is Cc1nc(N)ncc1-c1cccc(CC(NC(=O)C2CCC(CN)CC2)C(=O)Nc2ccc(-c3nn[nH]n3)cc2)c1. The van der Waals surface area contributed by atoms with E-state index in [2.05, 4.69) is 41.2 Å². The predicted octanol–water partition coefficient (Wildman–Crippen LogP) is 2.65. The lowest BCUT2D eigenvalue weighted by molar-refractivity contribution is -0.130. The number of carbonyl (C=O) groups excluding carboxylic acids is 2. The Morgan fingerprint density at radius 3 is 2.54 bits per heavy atom. The van der Waals surface area contributed by atoms with Gasteiger partial charge in [-0.2, -0.15) is 5.21 Å². The van der Waals surface area contributed by atoms with Crippen LogP contribution in [0.1, 0.15) is 36.9 Å². The molecule has 0 aliphatic heterocycles. The number of nitrogens with one attached hydrogen (secondary N) is 3. The molecule has 12 heteroatoms. The molecule has 2 heterocycles. The number of aryl methyl sites for hydroxylation is 1. The predicted molar refractivity (Wildman–Crippen MR) is 155 cm³/mol. The Bertz CT molecular complexity index is 1480. The van der Waals surface area contributed by atoms with Gasteiger partial charge < -0.3 is 22.1 Å². The lowest BCUT2D eigenvalue weighted by atomic mass is 9.81. The first-order valence-corrected chi connectivity index (χ1v) is 13.7. The van der Waals surface area contributed by atoms with Crippen LogP contribution < -0.4 is 22.1 Å². The van der Waals surface area contributed by atoms with Crippen molar-refractivity contribution in [3.8, 4) is 22.5 Å². The summed E-state index contributed by atoms with van der Waals surface area (Å²) in [5, 5.41) is 19.9. The largest absolute Gasteiger partial charge is 0.368 e. The summed E-state index contributed by atoms with van der Waals surface area (Å²) >= 11 is 0. The Kier molecular flexibility index (Phi) is 8.59. The maximum atomic E-state index is 13.6. The van der Waals surface area contributed by atoms with Crippen molar-refractivity contribution in [1.82, 2.24) is 35.9 Å². The van der Waals surface area contributed by atoms with Gasteiger partial charge in [-0.25, -0.2) is 9.97 Å². The normalized spacial score (nSPS) is 17.5. The second kappa shape index (κ2) is 12.6. The number of aromatic amines is 1. The van der Waals surface area contributed by atoms with E-state index in [0.29, 0.717) is 30.4 Å². The van der Waals surface area contributed by atoms with Gasteiger partial charge in [0.15, 0.2) is 0 Å². The first kappa shape index (κ1) is 27.8. The second-order valence-electron chi connectivity index (χ2n) is 10.4. The van der Waals surface area contributed by atoms with Gasteiger partial charge in [0.1, 0.15) is 6.04 Å². The number of anilines is 2. The Hall–Kier alpha value is -4.71. The highest BCUT2D eigenvalue weighted by Crippen LogP contribution is 2.29. The molecule has 2 aromatic heterocycles. The van der Waals surface area contributed by atoms with Gasteiger partial charge in [-0.15, -0.1) is 10.2 Å². The van der Waals surface area contributed by atoms with E-state index in [4.69, 9.17) is 11.5 Å². The van der Waals surface area contributed by atoms with Crippen LogP contribution >= 0.6 is 0 Å². The summed E-state index contributed by atoms with van der Waals surface area (Å²) in [6.45, 7) is 2.51. The molecule has 0 spiro atoms. The Morgan fingerprint density at radius 2 is 1.85 bits per heavy atom. The van der Waals surface area contributed by atoms with Crippen molar-refractivity contribution >= 4 is 23.5 Å². The molecule has 1 saturated carbocycles. The van der Waals surface area contributed by atoms with Gasteiger partial charge >= 0.3 is 0 Å². The van der Waals surface area contributed by atoms with Crippen LogP contribution in [0.2, 0.25) is 0 Å². The molecule has 0 radical (unpaired) electrons. The van der Waals surface area contributed by atoms with Gasteiger partial charge in [-0.05, 0) is 85.7 Å². The van der Waals surface area contributed by atoms with Crippen molar-refractivity contribution < 1.29 is 9.59 Å². The van der Waals surface area contributed by atoms with E-state index in [-0.39, 0.29) is 23.7 Å². The third-order valence-corrected chi connectivity index (χ3v) is 7.62. The number of hydrogen-bond donors (Lipinski definition) is 5. The highest BCUT2D eigenvalue weighted by atomic mass is 16.2. The van der Waals surface area contributed by atoms with Gasteiger partial charge in [-0.1, -0.05) is 24.3 Å². The Labute approximate surface area is 237 Å². The molecule has 0 saturated heterocycles. The highest BCUT2D eigenvalue weighted by Gasteiger charge is 2.29. The van der Waals surface area contributed by atoms with Crippen LogP contribution in [0.15, 0.2) is 54.7 Å². The van der Waals surface area contributed by atoms with E-state index >= 15 is 0 Å². The molecule has 212 valence electrons. The van der Waals surface area contributed by atoms with E-state index in [1.165, 1.54) is 0 Å². The summed E-state index contributed by atoms with van der Waals surface area (Å²) in [4.78, 5) is 35.3. The fourth-order valence-corrected chi connectivity index (χ4v) is 5.25. The average Bonchev–Trinajstić information content (AvgIpc) is 3.52. The Morgan fingerprint density at radius 1 is 1.07 bits per heavy atom. The summed E-state index contributed by atoms with van der Waals surface area (Å²) in [6.07, 6.45) is 5.38. The smallest absolute Gasteiger partial charge is 0.247 e. The zero-order valence-corrected chi connectivity index (χ0v) is 22.9. The van der Waals surface area contributed by atoms with Crippen molar-refractivity contribution in [2.45, 2.75) is 45.1 Å². The zero-order valence-electron chi connectivity index (χ0n) is 22.9. The van der Waals surface area contributed by atoms with Crippen molar-refractivity contribution in [1.29, 1.82) is 0 Å². The van der Waals surface area contributed by atoms with E-state index in [1.807, 2.05) is 31.2 Å². The fraction of sp³-hybridized carbons (Fsp3) is 0.345. The number of benzene rings is 2. The molecule has 1 aliphatic rings. The maximum Gasteiger partial charge on any atom is 0.247 e. The van der Waals surface area contributed by atoms with E-state index < -0.39 is 6.04 Å². The van der Waals surface area contributed by atoms with Gasteiger partial charge in [0.2, 0.25) is 23.6 Å². The molecule has 2 aromatic carbocycles. The van der Waals surface area contributed by atoms with E-state index in [9.17, 15) is 9.59 Å². The molecule has 12 nitrogen and oxygen atoms in total. The van der Waals surface area contributed by atoms with Crippen LogP contribution in [0.5, 0.6) is 0 Å².